The first-order chi connectivity index (χ1) is 7.83. The minimum absolute atomic E-state index is 0.599. The summed E-state index contributed by atoms with van der Waals surface area (Å²) in [6.07, 6.45) is 4.19. The van der Waals surface area contributed by atoms with Crippen molar-refractivity contribution < 1.29 is 8.42 Å². The van der Waals surface area contributed by atoms with Crippen molar-refractivity contribution in [2.45, 2.75) is 13.8 Å². The third kappa shape index (κ3) is 3.93. The maximum absolute atomic E-state index is 11.2. The molecular weight excluding hydrogens is 236 g/mol. The van der Waals surface area contributed by atoms with Crippen LogP contribution in [0.5, 0.6) is 0 Å². The van der Waals surface area contributed by atoms with Gasteiger partial charge >= 0.3 is 0 Å². The van der Waals surface area contributed by atoms with Gasteiger partial charge in [0.15, 0.2) is 0 Å². The number of nitriles is 1. The van der Waals surface area contributed by atoms with Crippen LogP contribution in [-0.4, -0.2) is 14.7 Å². The number of nitrogens with one attached hydrogen (secondary N) is 1. The molecule has 5 heteroatoms. The first-order valence-electron chi connectivity index (χ1n) is 4.98. The van der Waals surface area contributed by atoms with Gasteiger partial charge in [0.05, 0.1) is 18.0 Å². The highest BCUT2D eigenvalue weighted by molar-refractivity contribution is 7.92. The van der Waals surface area contributed by atoms with E-state index in [-0.39, 0.29) is 0 Å². The van der Waals surface area contributed by atoms with Crippen LogP contribution in [0.15, 0.2) is 18.2 Å². The molecule has 0 saturated heterocycles. The van der Waals surface area contributed by atoms with Crippen LogP contribution in [0, 0.1) is 25.2 Å². The fraction of sp³-hybridized carbons (Fsp3) is 0.250. The van der Waals surface area contributed by atoms with Crippen molar-refractivity contribution >= 4 is 21.8 Å². The van der Waals surface area contributed by atoms with E-state index in [1.54, 1.807) is 6.08 Å². The Morgan fingerprint density at radius 3 is 2.24 bits per heavy atom. The molecule has 1 aromatic rings. The van der Waals surface area contributed by atoms with Gasteiger partial charge in [0.1, 0.15) is 0 Å². The molecule has 90 valence electrons. The number of nitrogens with zero attached hydrogens (tertiary/aromatic N) is 1. The van der Waals surface area contributed by atoms with E-state index in [1.807, 2.05) is 32.0 Å². The molecule has 0 bridgehead atoms. The van der Waals surface area contributed by atoms with E-state index >= 15 is 0 Å². The lowest BCUT2D eigenvalue weighted by molar-refractivity contribution is 0.606. The van der Waals surface area contributed by atoms with Crippen LogP contribution in [0.2, 0.25) is 0 Å². The van der Waals surface area contributed by atoms with Crippen molar-refractivity contribution in [1.29, 1.82) is 5.26 Å². The summed E-state index contributed by atoms with van der Waals surface area (Å²) in [6, 6.07) is 5.57. The van der Waals surface area contributed by atoms with Crippen LogP contribution >= 0.6 is 0 Å². The summed E-state index contributed by atoms with van der Waals surface area (Å²) in [4.78, 5) is 0. The van der Waals surface area contributed by atoms with E-state index in [0.717, 1.165) is 22.9 Å². The Hall–Kier alpha value is -1.80. The van der Waals surface area contributed by atoms with Crippen molar-refractivity contribution in [2.75, 3.05) is 11.0 Å². The smallest absolute Gasteiger partial charge is 0.229 e. The Bertz CT molecular complexity index is 572. The topological polar surface area (TPSA) is 70.0 Å². The van der Waals surface area contributed by atoms with Gasteiger partial charge in [-0.15, -0.1) is 0 Å². The molecule has 0 unspecified atom stereocenters. The Morgan fingerprint density at radius 1 is 1.29 bits per heavy atom. The average molecular weight is 250 g/mol. The van der Waals surface area contributed by atoms with Gasteiger partial charge in [-0.3, -0.25) is 4.72 Å². The summed E-state index contributed by atoms with van der Waals surface area (Å²) in [5.74, 6) is 0. The minimum Gasteiger partial charge on any atom is -0.283 e. The van der Waals surface area contributed by atoms with E-state index in [2.05, 4.69) is 4.72 Å². The Balaban J connectivity index is 3.20. The van der Waals surface area contributed by atoms with E-state index in [9.17, 15) is 8.42 Å². The second kappa shape index (κ2) is 5.02. The lowest BCUT2D eigenvalue weighted by atomic mass is 10.0. The molecule has 17 heavy (non-hydrogen) atoms. The molecule has 4 nitrogen and oxygen atoms in total. The largest absolute Gasteiger partial charge is 0.283 e. The summed E-state index contributed by atoms with van der Waals surface area (Å²) in [7, 11) is -3.27. The number of anilines is 1. The molecular formula is C12H14N2O2S. The lowest BCUT2D eigenvalue weighted by Gasteiger charge is -2.12. The van der Waals surface area contributed by atoms with Crippen molar-refractivity contribution in [1.82, 2.24) is 0 Å². The van der Waals surface area contributed by atoms with E-state index in [4.69, 9.17) is 5.26 Å². The molecule has 0 aliphatic carbocycles. The Labute approximate surface area is 102 Å². The second-order valence-electron chi connectivity index (χ2n) is 3.87. The maximum atomic E-state index is 11.2. The zero-order valence-electron chi connectivity index (χ0n) is 9.98. The van der Waals surface area contributed by atoms with Gasteiger partial charge in [-0.05, 0) is 48.7 Å². The van der Waals surface area contributed by atoms with Crippen LogP contribution < -0.4 is 4.72 Å². The quantitative estimate of drug-likeness (QED) is 0.836. The van der Waals surface area contributed by atoms with Crippen LogP contribution in [0.1, 0.15) is 16.7 Å². The monoisotopic (exact) mass is 250 g/mol. The van der Waals surface area contributed by atoms with Gasteiger partial charge in [-0.2, -0.15) is 5.26 Å². The summed E-state index contributed by atoms with van der Waals surface area (Å²) < 4.78 is 24.9. The highest BCUT2D eigenvalue weighted by Gasteiger charge is 2.08. The number of allylic oxidation sites excluding steroid dienone is 1. The van der Waals surface area contributed by atoms with Crippen molar-refractivity contribution in [3.63, 3.8) is 0 Å². The first kappa shape index (κ1) is 13.3. The molecule has 1 N–H and O–H groups in total. The molecule has 0 saturated carbocycles. The molecule has 1 rings (SSSR count). The third-order valence-corrected chi connectivity index (χ3v) is 2.77. The van der Waals surface area contributed by atoms with Crippen LogP contribution in [0.4, 0.5) is 5.69 Å². The predicted octanol–water partition coefficient (Wildman–Crippen LogP) is 2.21. The fourth-order valence-electron chi connectivity index (χ4n) is 1.57. The SMILES string of the molecule is Cc1cc(/C=C/C#N)cc(C)c1NS(C)(=O)=O. The molecule has 0 heterocycles. The minimum atomic E-state index is -3.27. The van der Waals surface area contributed by atoms with Gasteiger partial charge in [0, 0.05) is 6.08 Å². The molecule has 0 aliphatic heterocycles. The van der Waals surface area contributed by atoms with Crippen molar-refractivity contribution in [3.8, 4) is 6.07 Å². The second-order valence-corrected chi connectivity index (χ2v) is 5.61. The molecule has 0 spiro atoms. The molecule has 0 aromatic heterocycles. The Morgan fingerprint density at radius 2 is 1.82 bits per heavy atom. The number of hydrogen-bond donors (Lipinski definition) is 1. The van der Waals surface area contributed by atoms with Crippen LogP contribution in [0.25, 0.3) is 6.08 Å². The number of benzene rings is 1. The lowest BCUT2D eigenvalue weighted by Crippen LogP contribution is -2.11. The van der Waals surface area contributed by atoms with Gasteiger partial charge in [0.2, 0.25) is 10.0 Å². The van der Waals surface area contributed by atoms with Gasteiger partial charge in [0.25, 0.3) is 0 Å². The zero-order chi connectivity index (χ0) is 13.1. The highest BCUT2D eigenvalue weighted by atomic mass is 32.2. The molecule has 0 fully saturated rings. The van der Waals surface area contributed by atoms with Gasteiger partial charge in [-0.1, -0.05) is 0 Å². The summed E-state index contributed by atoms with van der Waals surface area (Å²) >= 11 is 0. The fourth-order valence-corrected chi connectivity index (χ4v) is 2.27. The molecule has 0 atom stereocenters. The average Bonchev–Trinajstić information content (AvgIpc) is 2.19. The van der Waals surface area contributed by atoms with Crippen molar-refractivity contribution in [3.05, 3.63) is 34.9 Å². The highest BCUT2D eigenvalue weighted by Crippen LogP contribution is 2.23. The molecule has 0 aliphatic rings. The molecule has 0 radical (unpaired) electrons. The summed E-state index contributed by atoms with van der Waals surface area (Å²) in [5, 5.41) is 8.45. The first-order valence-corrected chi connectivity index (χ1v) is 6.88. The van der Waals surface area contributed by atoms with E-state index in [1.165, 1.54) is 6.08 Å². The maximum Gasteiger partial charge on any atom is 0.229 e. The van der Waals surface area contributed by atoms with E-state index in [0.29, 0.717) is 5.69 Å². The zero-order valence-corrected chi connectivity index (χ0v) is 10.8. The van der Waals surface area contributed by atoms with Crippen LogP contribution in [-0.2, 0) is 10.0 Å². The van der Waals surface area contributed by atoms with Crippen LogP contribution in [0.3, 0.4) is 0 Å². The van der Waals surface area contributed by atoms with Crippen molar-refractivity contribution in [2.24, 2.45) is 0 Å². The standard InChI is InChI=1S/C12H14N2O2S/c1-9-7-11(5-4-6-13)8-10(2)12(9)14-17(3,15)16/h4-5,7-8,14H,1-3H3/b5-4+. The summed E-state index contributed by atoms with van der Waals surface area (Å²) in [5.41, 5.74) is 3.13. The van der Waals surface area contributed by atoms with Gasteiger partial charge < -0.3 is 0 Å². The summed E-state index contributed by atoms with van der Waals surface area (Å²) in [6.45, 7) is 3.65. The number of sulfonamides is 1. The Kier molecular flexibility index (Phi) is 3.92. The number of aryl methyl sites for hydroxylation is 2. The third-order valence-electron chi connectivity index (χ3n) is 2.19. The van der Waals surface area contributed by atoms with Gasteiger partial charge in [-0.25, -0.2) is 8.42 Å². The number of rotatable bonds is 3. The molecule has 1 aromatic carbocycles. The molecule has 0 amide bonds. The van der Waals surface area contributed by atoms with E-state index < -0.39 is 10.0 Å². The predicted molar refractivity (Wildman–Crippen MR) is 69.0 cm³/mol. The normalized spacial score (nSPS) is 11.4. The number of hydrogen-bond acceptors (Lipinski definition) is 3.